The number of nitrogens with one attached hydrogen (secondary N) is 1. The summed E-state index contributed by atoms with van der Waals surface area (Å²) < 4.78 is 14.1. The minimum absolute atomic E-state index is 0.103. The fraction of sp³-hybridized carbons (Fsp3) is 0.188. The smallest absolute Gasteiger partial charge is 0.329 e. The predicted octanol–water partition coefficient (Wildman–Crippen LogP) is 2.87. The van der Waals surface area contributed by atoms with Gasteiger partial charge in [0.25, 0.3) is 0 Å². The molecule has 9 heteroatoms. The third-order valence-electron chi connectivity index (χ3n) is 3.80. The molecule has 2 heterocycles. The molecule has 1 aliphatic heterocycles. The summed E-state index contributed by atoms with van der Waals surface area (Å²) in [6.07, 6.45) is 2.27. The van der Waals surface area contributed by atoms with Crippen molar-refractivity contribution in [3.05, 3.63) is 52.0 Å². The minimum atomic E-state index is -0.706. The molecule has 1 aromatic heterocycles. The first kappa shape index (κ1) is 16.3. The molecule has 0 aliphatic carbocycles. The fourth-order valence-electron chi connectivity index (χ4n) is 2.66. The molecule has 0 unspecified atom stereocenters. The van der Waals surface area contributed by atoms with Gasteiger partial charge in [0, 0.05) is 24.8 Å². The van der Waals surface area contributed by atoms with E-state index in [1.807, 2.05) is 0 Å². The molecule has 0 radical (unpaired) electrons. The Morgan fingerprint density at radius 1 is 1.40 bits per heavy atom. The van der Waals surface area contributed by atoms with Gasteiger partial charge < -0.3 is 10.2 Å². The number of aromatic nitrogens is 1. The largest absolute Gasteiger partial charge is 0.334 e. The van der Waals surface area contributed by atoms with Crippen molar-refractivity contribution in [2.75, 3.05) is 16.8 Å². The molecule has 1 saturated heterocycles. The summed E-state index contributed by atoms with van der Waals surface area (Å²) in [6.45, 7) is 0.418. The predicted molar refractivity (Wildman–Crippen MR) is 86.9 cm³/mol. The Labute approximate surface area is 141 Å². The van der Waals surface area contributed by atoms with Crippen LogP contribution in [-0.2, 0) is 4.79 Å². The number of amides is 1. The first-order chi connectivity index (χ1) is 12.0. The molecule has 3 rings (SSSR count). The highest BCUT2D eigenvalue weighted by Gasteiger charge is 2.25. The second-order valence-corrected chi connectivity index (χ2v) is 5.36. The lowest BCUT2D eigenvalue weighted by Gasteiger charge is -2.18. The van der Waals surface area contributed by atoms with Gasteiger partial charge in [-0.1, -0.05) is 0 Å². The van der Waals surface area contributed by atoms with Gasteiger partial charge >= 0.3 is 5.69 Å². The molecule has 0 spiro atoms. The first-order valence-electron chi connectivity index (χ1n) is 7.41. The number of hydrogen-bond acceptors (Lipinski definition) is 6. The highest BCUT2D eigenvalue weighted by molar-refractivity contribution is 5.96. The van der Waals surface area contributed by atoms with Crippen LogP contribution >= 0.6 is 0 Å². The molecule has 0 saturated carbocycles. The van der Waals surface area contributed by atoms with Gasteiger partial charge in [0.05, 0.1) is 10.6 Å². The lowest BCUT2D eigenvalue weighted by molar-refractivity contribution is -0.384. The van der Waals surface area contributed by atoms with Crippen molar-refractivity contribution in [1.82, 2.24) is 4.98 Å². The summed E-state index contributed by atoms with van der Waals surface area (Å²) in [6, 6.07) is 6.92. The normalized spacial score (nSPS) is 13.6. The zero-order chi connectivity index (χ0) is 18.0. The number of carbonyl (C=O) groups is 1. The van der Waals surface area contributed by atoms with E-state index in [9.17, 15) is 19.3 Å². The van der Waals surface area contributed by atoms with E-state index in [-0.39, 0.29) is 23.0 Å². The van der Waals surface area contributed by atoms with E-state index in [1.54, 1.807) is 6.07 Å². The topological polar surface area (TPSA) is 112 Å². The maximum atomic E-state index is 14.1. The van der Waals surface area contributed by atoms with E-state index < -0.39 is 16.4 Å². The molecular formula is C16H12FN5O3. The van der Waals surface area contributed by atoms with E-state index in [1.165, 1.54) is 35.4 Å². The van der Waals surface area contributed by atoms with Crippen LogP contribution in [0.15, 0.2) is 30.5 Å². The molecule has 1 aliphatic rings. The monoisotopic (exact) mass is 341 g/mol. The molecule has 126 valence electrons. The standard InChI is InChI=1S/C16H12FN5O3/c17-12-4-3-11(8-13(12)21-7-1-2-14(21)23)20-16-15(22(24)25)10(9-18)5-6-19-16/h3-6,8H,1-2,7H2,(H,19,20). The van der Waals surface area contributed by atoms with Crippen molar-refractivity contribution < 1.29 is 14.1 Å². The molecule has 1 N–H and O–H groups in total. The number of carbonyl (C=O) groups excluding carboxylic acids is 1. The maximum Gasteiger partial charge on any atom is 0.329 e. The molecule has 1 aromatic carbocycles. The van der Waals surface area contributed by atoms with Crippen LogP contribution in [-0.4, -0.2) is 22.4 Å². The van der Waals surface area contributed by atoms with Crippen LogP contribution in [0.25, 0.3) is 0 Å². The fourth-order valence-corrected chi connectivity index (χ4v) is 2.66. The van der Waals surface area contributed by atoms with E-state index in [0.717, 1.165) is 0 Å². The molecule has 0 atom stereocenters. The Bertz CT molecular complexity index is 909. The Morgan fingerprint density at radius 2 is 2.20 bits per heavy atom. The zero-order valence-electron chi connectivity index (χ0n) is 12.9. The number of hydrogen-bond donors (Lipinski definition) is 1. The number of nitriles is 1. The molecule has 0 bridgehead atoms. The van der Waals surface area contributed by atoms with Crippen molar-refractivity contribution in [3.63, 3.8) is 0 Å². The number of nitro groups is 1. The van der Waals surface area contributed by atoms with Crippen LogP contribution in [0.4, 0.5) is 27.3 Å². The van der Waals surface area contributed by atoms with E-state index in [4.69, 9.17) is 5.26 Å². The summed E-state index contributed by atoms with van der Waals surface area (Å²) in [7, 11) is 0. The van der Waals surface area contributed by atoms with Gasteiger partial charge in [0.15, 0.2) is 0 Å². The van der Waals surface area contributed by atoms with Gasteiger partial charge in [0.1, 0.15) is 17.4 Å². The molecule has 1 amide bonds. The minimum Gasteiger partial charge on any atom is -0.334 e. The van der Waals surface area contributed by atoms with Crippen LogP contribution in [0, 0.1) is 27.3 Å². The summed E-state index contributed by atoms with van der Waals surface area (Å²) in [4.78, 5) is 27.6. The number of pyridine rings is 1. The number of nitrogens with zero attached hydrogens (tertiary/aromatic N) is 4. The van der Waals surface area contributed by atoms with E-state index in [0.29, 0.717) is 25.1 Å². The average Bonchev–Trinajstić information content (AvgIpc) is 3.02. The van der Waals surface area contributed by atoms with Gasteiger partial charge in [-0.2, -0.15) is 5.26 Å². The third kappa shape index (κ3) is 3.10. The van der Waals surface area contributed by atoms with Crippen molar-refractivity contribution >= 4 is 28.8 Å². The van der Waals surface area contributed by atoms with Crippen LogP contribution in [0.5, 0.6) is 0 Å². The summed E-state index contributed by atoms with van der Waals surface area (Å²) in [5.74, 6) is -0.866. The number of benzene rings is 1. The first-order valence-corrected chi connectivity index (χ1v) is 7.41. The van der Waals surface area contributed by atoms with E-state index in [2.05, 4.69) is 10.3 Å². The number of anilines is 3. The second kappa shape index (κ2) is 6.52. The van der Waals surface area contributed by atoms with Gasteiger partial charge in [-0.15, -0.1) is 0 Å². The van der Waals surface area contributed by atoms with Gasteiger partial charge in [-0.25, -0.2) is 9.37 Å². The number of rotatable bonds is 4. The maximum absolute atomic E-state index is 14.1. The second-order valence-electron chi connectivity index (χ2n) is 5.36. The van der Waals surface area contributed by atoms with Gasteiger partial charge in [0.2, 0.25) is 11.7 Å². The lowest BCUT2D eigenvalue weighted by Crippen LogP contribution is -2.24. The molecular weight excluding hydrogens is 329 g/mol. The van der Waals surface area contributed by atoms with Gasteiger partial charge in [-0.3, -0.25) is 14.9 Å². The van der Waals surface area contributed by atoms with Crippen LogP contribution in [0.2, 0.25) is 0 Å². The highest BCUT2D eigenvalue weighted by atomic mass is 19.1. The van der Waals surface area contributed by atoms with Crippen molar-refractivity contribution in [1.29, 1.82) is 5.26 Å². The SMILES string of the molecule is N#Cc1ccnc(Nc2ccc(F)c(N3CCCC3=O)c2)c1[N+](=O)[O-]. The summed E-state index contributed by atoms with van der Waals surface area (Å²) >= 11 is 0. The molecule has 1 fully saturated rings. The molecule has 8 nitrogen and oxygen atoms in total. The van der Waals surface area contributed by atoms with Crippen LogP contribution in [0.1, 0.15) is 18.4 Å². The Morgan fingerprint density at radius 3 is 2.84 bits per heavy atom. The Kier molecular flexibility index (Phi) is 4.26. The van der Waals surface area contributed by atoms with Crippen molar-refractivity contribution in [3.8, 4) is 6.07 Å². The Hall–Kier alpha value is -3.54. The van der Waals surface area contributed by atoms with Crippen LogP contribution in [0.3, 0.4) is 0 Å². The lowest BCUT2D eigenvalue weighted by atomic mass is 10.2. The number of halogens is 1. The van der Waals surface area contributed by atoms with Crippen molar-refractivity contribution in [2.45, 2.75) is 12.8 Å². The summed E-state index contributed by atoms with van der Waals surface area (Å²) in [5.41, 5.74) is -0.180. The van der Waals surface area contributed by atoms with E-state index >= 15 is 0 Å². The highest BCUT2D eigenvalue weighted by Crippen LogP contribution is 2.32. The third-order valence-corrected chi connectivity index (χ3v) is 3.80. The quantitative estimate of drug-likeness (QED) is 0.676. The zero-order valence-corrected chi connectivity index (χ0v) is 12.9. The van der Waals surface area contributed by atoms with Crippen LogP contribution < -0.4 is 10.2 Å². The van der Waals surface area contributed by atoms with Gasteiger partial charge in [-0.05, 0) is 30.7 Å². The summed E-state index contributed by atoms with van der Waals surface area (Å²) in [5, 5.41) is 23.0. The average molecular weight is 341 g/mol. The molecule has 2 aromatic rings. The van der Waals surface area contributed by atoms with Crippen molar-refractivity contribution in [2.24, 2.45) is 0 Å². The Balaban J connectivity index is 1.99. The molecule has 25 heavy (non-hydrogen) atoms.